The summed E-state index contributed by atoms with van der Waals surface area (Å²) in [7, 11) is 4.31. The van der Waals surface area contributed by atoms with Crippen LogP contribution in [-0.4, -0.2) is 43.0 Å². The molecule has 106 valence electrons. The molecule has 1 aliphatic heterocycles. The Kier molecular flexibility index (Phi) is 4.91. The molecular weight excluding hydrogens is 241 g/mol. The van der Waals surface area contributed by atoms with Crippen molar-refractivity contribution >= 4 is 0 Å². The highest BCUT2D eigenvalue weighted by Crippen LogP contribution is 2.17. The number of halogens is 1. The van der Waals surface area contributed by atoms with E-state index in [9.17, 15) is 4.39 Å². The van der Waals surface area contributed by atoms with Crippen molar-refractivity contribution < 1.29 is 4.39 Å². The lowest BCUT2D eigenvalue weighted by atomic mass is 10.1. The SMILES string of the molecule is CN(Cc1ccc(F)c(CN)c1)CC1CCCN1C. The summed E-state index contributed by atoms with van der Waals surface area (Å²) in [6.07, 6.45) is 2.57. The highest BCUT2D eigenvalue weighted by molar-refractivity contribution is 5.25. The molecule has 1 atom stereocenters. The van der Waals surface area contributed by atoms with Crippen molar-refractivity contribution in [3.63, 3.8) is 0 Å². The number of rotatable bonds is 5. The molecule has 1 unspecified atom stereocenters. The van der Waals surface area contributed by atoms with E-state index in [2.05, 4.69) is 23.9 Å². The Bertz CT molecular complexity index is 422. The lowest BCUT2D eigenvalue weighted by Crippen LogP contribution is -2.36. The molecule has 1 aliphatic rings. The van der Waals surface area contributed by atoms with E-state index >= 15 is 0 Å². The molecule has 3 nitrogen and oxygen atoms in total. The minimum Gasteiger partial charge on any atom is -0.326 e. The van der Waals surface area contributed by atoms with Gasteiger partial charge in [0.15, 0.2) is 0 Å². The average molecular weight is 265 g/mol. The van der Waals surface area contributed by atoms with E-state index in [1.165, 1.54) is 25.5 Å². The molecule has 1 aromatic carbocycles. The largest absolute Gasteiger partial charge is 0.326 e. The van der Waals surface area contributed by atoms with E-state index in [1.54, 1.807) is 0 Å². The molecule has 0 saturated carbocycles. The van der Waals surface area contributed by atoms with Gasteiger partial charge in [-0.05, 0) is 45.1 Å². The number of likely N-dealkylation sites (N-methyl/N-ethyl adjacent to an activating group) is 2. The van der Waals surface area contributed by atoms with Crippen LogP contribution in [0.1, 0.15) is 24.0 Å². The van der Waals surface area contributed by atoms with Crippen LogP contribution in [0.5, 0.6) is 0 Å². The minimum atomic E-state index is -0.204. The third-order valence-electron chi connectivity index (χ3n) is 3.98. The molecule has 0 amide bonds. The number of likely N-dealkylation sites (tertiary alicyclic amines) is 1. The van der Waals surface area contributed by atoms with Gasteiger partial charge in [-0.1, -0.05) is 12.1 Å². The molecule has 1 saturated heterocycles. The third kappa shape index (κ3) is 3.75. The van der Waals surface area contributed by atoms with Crippen LogP contribution in [0.3, 0.4) is 0 Å². The first-order chi connectivity index (χ1) is 9.10. The second-order valence-corrected chi connectivity index (χ2v) is 5.60. The quantitative estimate of drug-likeness (QED) is 0.881. The van der Waals surface area contributed by atoms with Gasteiger partial charge in [0.2, 0.25) is 0 Å². The maximum Gasteiger partial charge on any atom is 0.127 e. The molecule has 0 bridgehead atoms. The lowest BCUT2D eigenvalue weighted by molar-refractivity contribution is 0.215. The van der Waals surface area contributed by atoms with Crippen molar-refractivity contribution in [2.24, 2.45) is 5.73 Å². The molecule has 0 radical (unpaired) electrons. The van der Waals surface area contributed by atoms with Crippen molar-refractivity contribution in [1.29, 1.82) is 0 Å². The van der Waals surface area contributed by atoms with E-state index in [4.69, 9.17) is 5.73 Å². The summed E-state index contributed by atoms with van der Waals surface area (Å²) in [4.78, 5) is 4.73. The highest BCUT2D eigenvalue weighted by atomic mass is 19.1. The molecule has 19 heavy (non-hydrogen) atoms. The summed E-state index contributed by atoms with van der Waals surface area (Å²) >= 11 is 0. The Morgan fingerprint density at radius 2 is 2.26 bits per heavy atom. The summed E-state index contributed by atoms with van der Waals surface area (Å²) in [6.45, 7) is 3.37. The van der Waals surface area contributed by atoms with Crippen molar-refractivity contribution in [2.75, 3.05) is 27.2 Å². The Morgan fingerprint density at radius 1 is 1.47 bits per heavy atom. The summed E-state index contributed by atoms with van der Waals surface area (Å²) < 4.78 is 13.4. The smallest absolute Gasteiger partial charge is 0.127 e. The molecule has 1 fully saturated rings. The van der Waals surface area contributed by atoms with Crippen LogP contribution in [0.2, 0.25) is 0 Å². The topological polar surface area (TPSA) is 32.5 Å². The fourth-order valence-corrected chi connectivity index (χ4v) is 2.83. The van der Waals surface area contributed by atoms with E-state index < -0.39 is 0 Å². The number of nitrogens with zero attached hydrogens (tertiary/aromatic N) is 2. The molecule has 0 spiro atoms. The maximum absolute atomic E-state index is 13.4. The Labute approximate surface area is 115 Å². The van der Waals surface area contributed by atoms with Gasteiger partial charge in [-0.2, -0.15) is 0 Å². The van der Waals surface area contributed by atoms with E-state index in [1.807, 2.05) is 12.1 Å². The Morgan fingerprint density at radius 3 is 2.89 bits per heavy atom. The normalized spacial score (nSPS) is 20.4. The summed E-state index contributed by atoms with van der Waals surface area (Å²) in [5.74, 6) is -0.204. The van der Waals surface area contributed by atoms with Crippen LogP contribution in [0, 0.1) is 5.82 Å². The van der Waals surface area contributed by atoms with Crippen LogP contribution >= 0.6 is 0 Å². The molecule has 2 rings (SSSR count). The Balaban J connectivity index is 1.93. The second kappa shape index (κ2) is 6.46. The van der Waals surface area contributed by atoms with Crippen LogP contribution < -0.4 is 5.73 Å². The van der Waals surface area contributed by atoms with Crippen LogP contribution in [0.15, 0.2) is 18.2 Å². The lowest BCUT2D eigenvalue weighted by Gasteiger charge is -2.26. The van der Waals surface area contributed by atoms with Gasteiger partial charge in [0.05, 0.1) is 0 Å². The van der Waals surface area contributed by atoms with Crippen molar-refractivity contribution in [1.82, 2.24) is 9.80 Å². The van der Waals surface area contributed by atoms with E-state index in [0.717, 1.165) is 18.7 Å². The van der Waals surface area contributed by atoms with Crippen LogP contribution in [0.25, 0.3) is 0 Å². The van der Waals surface area contributed by atoms with Gasteiger partial charge in [-0.25, -0.2) is 4.39 Å². The van der Waals surface area contributed by atoms with Crippen molar-refractivity contribution in [3.8, 4) is 0 Å². The molecule has 1 heterocycles. The standard InChI is InChI=1S/C15H24FN3/c1-18(11-14-4-3-7-19(14)2)10-12-5-6-15(16)13(8-12)9-17/h5-6,8,14H,3-4,7,9-11,17H2,1-2H3. The summed E-state index contributed by atoms with van der Waals surface area (Å²) in [5, 5.41) is 0. The number of nitrogens with two attached hydrogens (primary N) is 1. The zero-order valence-corrected chi connectivity index (χ0v) is 11.9. The van der Waals surface area contributed by atoms with Gasteiger partial charge >= 0.3 is 0 Å². The molecule has 0 aliphatic carbocycles. The first-order valence-corrected chi connectivity index (χ1v) is 6.96. The number of hydrogen-bond acceptors (Lipinski definition) is 3. The van der Waals surface area contributed by atoms with Crippen LogP contribution in [0.4, 0.5) is 4.39 Å². The minimum absolute atomic E-state index is 0.204. The van der Waals surface area contributed by atoms with E-state index in [-0.39, 0.29) is 12.4 Å². The summed E-state index contributed by atoms with van der Waals surface area (Å²) in [5.41, 5.74) is 7.27. The van der Waals surface area contributed by atoms with E-state index in [0.29, 0.717) is 11.6 Å². The molecule has 4 heteroatoms. The Hall–Kier alpha value is -0.970. The summed E-state index contributed by atoms with van der Waals surface area (Å²) in [6, 6.07) is 5.90. The van der Waals surface area contributed by atoms with Gasteiger partial charge in [0.25, 0.3) is 0 Å². The first kappa shape index (κ1) is 14.4. The van der Waals surface area contributed by atoms with Gasteiger partial charge in [-0.3, -0.25) is 0 Å². The third-order valence-corrected chi connectivity index (χ3v) is 3.98. The number of hydrogen-bond donors (Lipinski definition) is 1. The highest BCUT2D eigenvalue weighted by Gasteiger charge is 2.21. The van der Waals surface area contributed by atoms with Crippen molar-refractivity contribution in [2.45, 2.75) is 32.0 Å². The van der Waals surface area contributed by atoms with Crippen LogP contribution in [-0.2, 0) is 13.1 Å². The predicted molar refractivity (Wildman–Crippen MR) is 76.3 cm³/mol. The molecule has 1 aromatic rings. The fraction of sp³-hybridized carbons (Fsp3) is 0.600. The second-order valence-electron chi connectivity index (χ2n) is 5.60. The zero-order valence-electron chi connectivity index (χ0n) is 11.9. The monoisotopic (exact) mass is 265 g/mol. The number of benzene rings is 1. The maximum atomic E-state index is 13.4. The fourth-order valence-electron chi connectivity index (χ4n) is 2.83. The molecule has 0 aromatic heterocycles. The molecular formula is C15H24FN3. The average Bonchev–Trinajstić information content (AvgIpc) is 2.77. The van der Waals surface area contributed by atoms with Gasteiger partial charge in [0.1, 0.15) is 5.82 Å². The van der Waals surface area contributed by atoms with Gasteiger partial charge in [-0.15, -0.1) is 0 Å². The van der Waals surface area contributed by atoms with Gasteiger partial charge < -0.3 is 15.5 Å². The molecule has 2 N–H and O–H groups in total. The predicted octanol–water partition coefficient (Wildman–Crippen LogP) is 1.81. The first-order valence-electron chi connectivity index (χ1n) is 6.96. The van der Waals surface area contributed by atoms with Crippen molar-refractivity contribution in [3.05, 3.63) is 35.1 Å². The zero-order chi connectivity index (χ0) is 13.8. The van der Waals surface area contributed by atoms with Gasteiger partial charge in [0, 0.05) is 31.2 Å².